The van der Waals surface area contributed by atoms with E-state index in [0.717, 1.165) is 24.3 Å². The molecule has 1 N–H and O–H groups in total. The molecule has 0 bridgehead atoms. The standard InChI is InChI=1S/C21H20F3N3O3/c1-13(25-19(28)14-7-9-15(10-8-14)21(22,23)24)18-26-17-6-4-3-5-16(17)20(29)27(18)11-12-30-2/h3-10,13H,11-12H2,1-2H3,(H,25,28)/t13-/m1/s1. The molecule has 1 heterocycles. The van der Waals surface area contributed by atoms with Crippen LogP contribution in [0.1, 0.15) is 34.7 Å². The van der Waals surface area contributed by atoms with E-state index in [9.17, 15) is 22.8 Å². The van der Waals surface area contributed by atoms with Gasteiger partial charge in [0.05, 0.1) is 35.7 Å². The first kappa shape index (κ1) is 21.5. The number of hydrogen-bond acceptors (Lipinski definition) is 4. The third-order valence-electron chi connectivity index (χ3n) is 4.62. The molecule has 0 saturated heterocycles. The Morgan fingerprint density at radius 1 is 1.17 bits per heavy atom. The maximum Gasteiger partial charge on any atom is 0.416 e. The van der Waals surface area contributed by atoms with Crippen LogP contribution in [0.25, 0.3) is 10.9 Å². The summed E-state index contributed by atoms with van der Waals surface area (Å²) < 4.78 is 44.6. The quantitative estimate of drug-likeness (QED) is 0.663. The van der Waals surface area contributed by atoms with Gasteiger partial charge in [-0.25, -0.2) is 4.98 Å². The number of halogens is 3. The van der Waals surface area contributed by atoms with Crippen molar-refractivity contribution in [2.75, 3.05) is 13.7 Å². The highest BCUT2D eigenvalue weighted by molar-refractivity contribution is 5.94. The second-order valence-electron chi connectivity index (χ2n) is 6.71. The second-order valence-corrected chi connectivity index (χ2v) is 6.71. The Kier molecular flexibility index (Phi) is 6.21. The summed E-state index contributed by atoms with van der Waals surface area (Å²) in [5, 5.41) is 3.14. The van der Waals surface area contributed by atoms with E-state index in [0.29, 0.717) is 16.7 Å². The zero-order chi connectivity index (χ0) is 21.9. The van der Waals surface area contributed by atoms with Crippen LogP contribution in [0.4, 0.5) is 13.2 Å². The van der Waals surface area contributed by atoms with Crippen LogP contribution in [-0.2, 0) is 17.5 Å². The molecule has 0 aliphatic carbocycles. The number of hydrogen-bond donors (Lipinski definition) is 1. The van der Waals surface area contributed by atoms with Crippen molar-refractivity contribution in [2.45, 2.75) is 25.7 Å². The molecule has 2 aromatic carbocycles. The predicted molar refractivity (Wildman–Crippen MR) is 105 cm³/mol. The van der Waals surface area contributed by atoms with Crippen LogP contribution in [0.3, 0.4) is 0 Å². The van der Waals surface area contributed by atoms with Gasteiger partial charge >= 0.3 is 6.18 Å². The molecule has 6 nitrogen and oxygen atoms in total. The number of para-hydroxylation sites is 1. The van der Waals surface area contributed by atoms with E-state index < -0.39 is 23.7 Å². The number of benzene rings is 2. The number of carbonyl (C=O) groups is 1. The van der Waals surface area contributed by atoms with E-state index >= 15 is 0 Å². The predicted octanol–water partition coefficient (Wildman–Crippen LogP) is 3.55. The fourth-order valence-corrected chi connectivity index (χ4v) is 3.07. The van der Waals surface area contributed by atoms with Gasteiger partial charge in [-0.3, -0.25) is 14.2 Å². The normalized spacial score (nSPS) is 12.7. The van der Waals surface area contributed by atoms with Crippen molar-refractivity contribution in [3.63, 3.8) is 0 Å². The SMILES string of the molecule is COCCn1c([C@@H](C)NC(=O)c2ccc(C(F)(F)F)cc2)nc2ccccc2c1=O. The zero-order valence-electron chi connectivity index (χ0n) is 16.4. The highest BCUT2D eigenvalue weighted by atomic mass is 19.4. The molecule has 0 aliphatic heterocycles. The summed E-state index contributed by atoms with van der Waals surface area (Å²) >= 11 is 0. The van der Waals surface area contributed by atoms with Gasteiger partial charge in [-0.1, -0.05) is 12.1 Å². The minimum absolute atomic E-state index is 0.0708. The number of carbonyl (C=O) groups excluding carboxylic acids is 1. The second kappa shape index (κ2) is 8.66. The number of alkyl halides is 3. The van der Waals surface area contributed by atoms with Gasteiger partial charge in [-0.15, -0.1) is 0 Å². The number of ether oxygens (including phenoxy) is 1. The Hall–Kier alpha value is -3.20. The van der Waals surface area contributed by atoms with Crippen LogP contribution >= 0.6 is 0 Å². The summed E-state index contributed by atoms with van der Waals surface area (Å²) in [7, 11) is 1.51. The summed E-state index contributed by atoms with van der Waals surface area (Å²) in [4.78, 5) is 30.0. The van der Waals surface area contributed by atoms with Crippen molar-refractivity contribution in [3.8, 4) is 0 Å². The van der Waals surface area contributed by atoms with Gasteiger partial charge in [0, 0.05) is 12.7 Å². The lowest BCUT2D eigenvalue weighted by molar-refractivity contribution is -0.137. The average Bonchev–Trinajstić information content (AvgIpc) is 2.72. The van der Waals surface area contributed by atoms with Crippen molar-refractivity contribution >= 4 is 16.8 Å². The maximum atomic E-state index is 12.9. The molecular formula is C21H20F3N3O3. The van der Waals surface area contributed by atoms with Crippen molar-refractivity contribution in [2.24, 2.45) is 0 Å². The molecule has 0 fully saturated rings. The topological polar surface area (TPSA) is 73.2 Å². The number of rotatable bonds is 6. The smallest absolute Gasteiger partial charge is 0.383 e. The molecule has 30 heavy (non-hydrogen) atoms. The molecule has 158 valence electrons. The molecule has 9 heteroatoms. The van der Waals surface area contributed by atoms with E-state index in [1.54, 1.807) is 31.2 Å². The van der Waals surface area contributed by atoms with Gasteiger partial charge in [0.25, 0.3) is 11.5 Å². The largest absolute Gasteiger partial charge is 0.416 e. The van der Waals surface area contributed by atoms with Crippen molar-refractivity contribution in [3.05, 3.63) is 75.8 Å². The minimum Gasteiger partial charge on any atom is -0.383 e. The van der Waals surface area contributed by atoms with E-state index in [1.165, 1.54) is 11.7 Å². The number of fused-ring (bicyclic) bond motifs is 1. The summed E-state index contributed by atoms with van der Waals surface area (Å²) in [6, 6.07) is 10.1. The lowest BCUT2D eigenvalue weighted by Gasteiger charge is -2.19. The first-order valence-electron chi connectivity index (χ1n) is 9.19. The molecule has 0 saturated carbocycles. The first-order chi connectivity index (χ1) is 14.2. The third kappa shape index (κ3) is 4.51. The molecule has 1 atom stereocenters. The van der Waals surface area contributed by atoms with Gasteiger partial charge in [0.1, 0.15) is 5.82 Å². The molecule has 0 aliphatic rings. The monoisotopic (exact) mass is 419 g/mol. The van der Waals surface area contributed by atoms with Gasteiger partial charge in [-0.05, 0) is 43.3 Å². The summed E-state index contributed by atoms with van der Waals surface area (Å²) in [6.45, 7) is 2.16. The van der Waals surface area contributed by atoms with Crippen LogP contribution in [0.5, 0.6) is 0 Å². The maximum absolute atomic E-state index is 12.9. The van der Waals surface area contributed by atoms with Gasteiger partial charge in [0.15, 0.2) is 0 Å². The van der Waals surface area contributed by atoms with Crippen LogP contribution in [0.2, 0.25) is 0 Å². The number of nitrogens with zero attached hydrogens (tertiary/aromatic N) is 2. The number of aromatic nitrogens is 2. The molecule has 0 radical (unpaired) electrons. The van der Waals surface area contributed by atoms with Gasteiger partial charge in [-0.2, -0.15) is 13.2 Å². The van der Waals surface area contributed by atoms with Crippen LogP contribution in [0.15, 0.2) is 53.3 Å². The lowest BCUT2D eigenvalue weighted by Crippen LogP contribution is -2.34. The lowest BCUT2D eigenvalue weighted by atomic mass is 10.1. The summed E-state index contributed by atoms with van der Waals surface area (Å²) in [5.41, 5.74) is -0.539. The highest BCUT2D eigenvalue weighted by Crippen LogP contribution is 2.29. The zero-order valence-corrected chi connectivity index (χ0v) is 16.4. The number of nitrogens with one attached hydrogen (secondary N) is 1. The summed E-state index contributed by atoms with van der Waals surface area (Å²) in [5.74, 6) is -0.243. The Morgan fingerprint density at radius 2 is 1.83 bits per heavy atom. The Morgan fingerprint density at radius 3 is 2.47 bits per heavy atom. The minimum atomic E-state index is -4.48. The molecule has 1 aromatic heterocycles. The van der Waals surface area contributed by atoms with Crippen LogP contribution < -0.4 is 10.9 Å². The Labute approximate surface area is 170 Å². The van der Waals surface area contributed by atoms with Crippen LogP contribution in [-0.4, -0.2) is 29.2 Å². The molecule has 3 rings (SSSR count). The molecule has 0 unspecified atom stereocenters. The average molecular weight is 419 g/mol. The third-order valence-corrected chi connectivity index (χ3v) is 4.62. The van der Waals surface area contributed by atoms with Gasteiger partial charge in [0.2, 0.25) is 0 Å². The highest BCUT2D eigenvalue weighted by Gasteiger charge is 2.30. The van der Waals surface area contributed by atoms with Gasteiger partial charge < -0.3 is 10.1 Å². The molecule has 3 aromatic rings. The number of methoxy groups -OCH3 is 1. The van der Waals surface area contributed by atoms with E-state index in [4.69, 9.17) is 4.74 Å². The van der Waals surface area contributed by atoms with Crippen molar-refractivity contribution in [1.29, 1.82) is 0 Å². The van der Waals surface area contributed by atoms with Crippen LogP contribution in [0, 0.1) is 0 Å². The molecule has 0 spiro atoms. The fraction of sp³-hybridized carbons (Fsp3) is 0.286. The molecular weight excluding hydrogens is 399 g/mol. The Balaban J connectivity index is 1.91. The fourth-order valence-electron chi connectivity index (χ4n) is 3.07. The first-order valence-corrected chi connectivity index (χ1v) is 9.19. The number of amides is 1. The van der Waals surface area contributed by atoms with Crippen molar-refractivity contribution in [1.82, 2.24) is 14.9 Å². The van der Waals surface area contributed by atoms with E-state index in [2.05, 4.69) is 10.3 Å². The van der Waals surface area contributed by atoms with Crippen molar-refractivity contribution < 1.29 is 22.7 Å². The molecule has 1 amide bonds. The Bertz CT molecular complexity index is 1110. The van der Waals surface area contributed by atoms with E-state index in [1.807, 2.05) is 0 Å². The van der Waals surface area contributed by atoms with E-state index in [-0.39, 0.29) is 24.3 Å². The summed E-state index contributed by atoms with van der Waals surface area (Å²) in [6.07, 6.45) is -4.48.